The molecule has 0 aromatic heterocycles. The summed E-state index contributed by atoms with van der Waals surface area (Å²) in [6.07, 6.45) is 3.77. The molecular weight excluding hydrogens is 268 g/mol. The Labute approximate surface area is 116 Å². The maximum Gasteiger partial charge on any atom is 0.500 e. The maximum absolute atomic E-state index is 11.0. The Morgan fingerprint density at radius 2 is 1.68 bits per heavy atom. The zero-order valence-electron chi connectivity index (χ0n) is 12.1. The molecule has 0 rings (SSSR count). The minimum atomic E-state index is -2.49. The highest BCUT2D eigenvalue weighted by atomic mass is 28.4. The van der Waals surface area contributed by atoms with E-state index in [2.05, 4.69) is 0 Å². The first kappa shape index (κ1) is 18.3. The second-order valence-corrected chi connectivity index (χ2v) is 6.77. The van der Waals surface area contributed by atoms with Gasteiger partial charge in [0.1, 0.15) is 6.61 Å². The van der Waals surface area contributed by atoms with Crippen molar-refractivity contribution >= 4 is 14.8 Å². The van der Waals surface area contributed by atoms with Crippen molar-refractivity contribution in [3.63, 3.8) is 0 Å². The first-order chi connectivity index (χ1) is 9.14. The van der Waals surface area contributed by atoms with E-state index in [1.165, 1.54) is 6.08 Å². The molecule has 0 spiro atoms. The predicted octanol–water partition coefficient (Wildman–Crippen LogP) is 1.39. The highest BCUT2D eigenvalue weighted by molar-refractivity contribution is 6.60. The van der Waals surface area contributed by atoms with Crippen LogP contribution in [-0.2, 0) is 27.5 Å². The first-order valence-corrected chi connectivity index (χ1v) is 8.10. The van der Waals surface area contributed by atoms with Crippen LogP contribution in [-0.4, -0.2) is 55.9 Å². The second kappa shape index (κ2) is 11.1. The molecule has 112 valence electrons. The zero-order valence-corrected chi connectivity index (χ0v) is 13.1. The van der Waals surface area contributed by atoms with Gasteiger partial charge in [-0.3, -0.25) is 0 Å². The number of carbonyl (C=O) groups is 1. The van der Waals surface area contributed by atoms with Crippen LogP contribution in [0, 0.1) is 0 Å². The van der Waals surface area contributed by atoms with Crippen molar-refractivity contribution in [2.75, 3.05) is 41.2 Å². The number of hydrogen-bond donors (Lipinski definition) is 0. The highest BCUT2D eigenvalue weighted by Gasteiger charge is 2.36. The molecule has 0 saturated heterocycles. The van der Waals surface area contributed by atoms with Gasteiger partial charge in [-0.1, -0.05) is 6.08 Å². The summed E-state index contributed by atoms with van der Waals surface area (Å²) in [5.74, 6) is -0.351. The lowest BCUT2D eigenvalue weighted by Crippen LogP contribution is -2.42. The van der Waals surface area contributed by atoms with Gasteiger partial charge in [0.2, 0.25) is 0 Å². The molecular formula is C12H24O6Si. The van der Waals surface area contributed by atoms with Gasteiger partial charge in [0.05, 0.1) is 6.61 Å². The van der Waals surface area contributed by atoms with Crippen LogP contribution < -0.4 is 0 Å². The van der Waals surface area contributed by atoms with E-state index in [0.717, 1.165) is 6.42 Å². The standard InChI is InChI=1S/C12H24O6Si/c1-5-7-12(13)18-10-9-17-8-6-11-19(14-2,15-3)16-4/h5,7H,6,8-11H2,1-4H3. The summed E-state index contributed by atoms with van der Waals surface area (Å²) in [5, 5.41) is 0. The van der Waals surface area contributed by atoms with Gasteiger partial charge in [-0.25, -0.2) is 4.79 Å². The number of hydrogen-bond acceptors (Lipinski definition) is 6. The summed E-state index contributed by atoms with van der Waals surface area (Å²) < 4.78 is 26.1. The summed E-state index contributed by atoms with van der Waals surface area (Å²) >= 11 is 0. The monoisotopic (exact) mass is 292 g/mol. The molecule has 0 saturated carbocycles. The molecule has 19 heavy (non-hydrogen) atoms. The normalized spacial score (nSPS) is 12.0. The van der Waals surface area contributed by atoms with Crippen molar-refractivity contribution in [2.45, 2.75) is 19.4 Å². The van der Waals surface area contributed by atoms with E-state index in [0.29, 0.717) is 19.3 Å². The number of allylic oxidation sites excluding steroid dienone is 1. The number of ether oxygens (including phenoxy) is 2. The van der Waals surface area contributed by atoms with Crippen LogP contribution in [0.4, 0.5) is 0 Å². The van der Waals surface area contributed by atoms with E-state index in [1.54, 1.807) is 34.3 Å². The Morgan fingerprint density at radius 3 is 2.21 bits per heavy atom. The Hall–Kier alpha value is -0.733. The third-order valence-corrected chi connectivity index (χ3v) is 5.31. The van der Waals surface area contributed by atoms with Gasteiger partial charge < -0.3 is 22.8 Å². The molecule has 0 aromatic carbocycles. The third-order valence-electron chi connectivity index (χ3n) is 2.48. The van der Waals surface area contributed by atoms with E-state index >= 15 is 0 Å². The van der Waals surface area contributed by atoms with E-state index in [9.17, 15) is 4.79 Å². The van der Waals surface area contributed by atoms with Gasteiger partial charge in [0.15, 0.2) is 0 Å². The van der Waals surface area contributed by atoms with Crippen molar-refractivity contribution in [3.8, 4) is 0 Å². The average molecular weight is 292 g/mol. The van der Waals surface area contributed by atoms with Crippen LogP contribution in [0.15, 0.2) is 12.2 Å². The smallest absolute Gasteiger partial charge is 0.460 e. The van der Waals surface area contributed by atoms with E-state index in [1.807, 2.05) is 0 Å². The molecule has 7 heteroatoms. The Kier molecular flexibility index (Phi) is 10.7. The van der Waals surface area contributed by atoms with Gasteiger partial charge in [-0.15, -0.1) is 0 Å². The number of esters is 1. The fourth-order valence-corrected chi connectivity index (χ4v) is 3.12. The molecule has 0 radical (unpaired) electrons. The molecule has 0 unspecified atom stereocenters. The van der Waals surface area contributed by atoms with Crippen LogP contribution in [0.1, 0.15) is 13.3 Å². The van der Waals surface area contributed by atoms with Gasteiger partial charge >= 0.3 is 14.8 Å². The molecule has 0 N–H and O–H groups in total. The summed E-state index contributed by atoms with van der Waals surface area (Å²) in [6.45, 7) is 2.94. The van der Waals surface area contributed by atoms with Crippen molar-refractivity contribution in [1.82, 2.24) is 0 Å². The molecule has 0 fully saturated rings. The fraction of sp³-hybridized carbons (Fsp3) is 0.750. The van der Waals surface area contributed by atoms with Crippen LogP contribution >= 0.6 is 0 Å². The quantitative estimate of drug-likeness (QED) is 0.248. The fourth-order valence-electron chi connectivity index (χ4n) is 1.43. The maximum atomic E-state index is 11.0. The van der Waals surface area contributed by atoms with Crippen molar-refractivity contribution in [2.24, 2.45) is 0 Å². The van der Waals surface area contributed by atoms with E-state index in [-0.39, 0.29) is 12.6 Å². The molecule has 6 nitrogen and oxygen atoms in total. The summed E-state index contributed by atoms with van der Waals surface area (Å²) in [6, 6.07) is 0.689. The molecule has 0 atom stereocenters. The Balaban J connectivity index is 3.57. The lowest BCUT2D eigenvalue weighted by molar-refractivity contribution is -0.139. The van der Waals surface area contributed by atoms with Crippen LogP contribution in [0.5, 0.6) is 0 Å². The SMILES string of the molecule is CC=CC(=O)OCCOCCC[Si](OC)(OC)OC. The summed E-state index contributed by atoms with van der Waals surface area (Å²) in [4.78, 5) is 11.0. The Morgan fingerprint density at radius 1 is 1.05 bits per heavy atom. The lowest BCUT2D eigenvalue weighted by atomic mass is 10.5. The van der Waals surface area contributed by atoms with E-state index < -0.39 is 8.80 Å². The summed E-state index contributed by atoms with van der Waals surface area (Å²) in [5.41, 5.74) is 0. The molecule has 0 aliphatic carbocycles. The molecule has 0 bridgehead atoms. The minimum absolute atomic E-state index is 0.255. The van der Waals surface area contributed by atoms with Gasteiger partial charge in [0, 0.05) is 40.1 Å². The van der Waals surface area contributed by atoms with Crippen LogP contribution in [0.25, 0.3) is 0 Å². The van der Waals surface area contributed by atoms with Crippen LogP contribution in [0.2, 0.25) is 6.04 Å². The van der Waals surface area contributed by atoms with Gasteiger partial charge in [-0.05, 0) is 13.3 Å². The number of rotatable bonds is 11. The van der Waals surface area contributed by atoms with Gasteiger partial charge in [-0.2, -0.15) is 0 Å². The molecule has 0 aliphatic rings. The average Bonchev–Trinajstić information content (AvgIpc) is 2.43. The molecule has 0 aromatic rings. The van der Waals surface area contributed by atoms with Crippen molar-refractivity contribution in [1.29, 1.82) is 0 Å². The molecule has 0 heterocycles. The largest absolute Gasteiger partial charge is 0.500 e. The van der Waals surface area contributed by atoms with Crippen LogP contribution in [0.3, 0.4) is 0 Å². The Bertz CT molecular complexity index is 257. The molecule has 0 amide bonds. The minimum Gasteiger partial charge on any atom is -0.460 e. The topological polar surface area (TPSA) is 63.2 Å². The molecule has 0 aliphatic heterocycles. The van der Waals surface area contributed by atoms with Gasteiger partial charge in [0.25, 0.3) is 0 Å². The zero-order chi connectivity index (χ0) is 14.6. The van der Waals surface area contributed by atoms with Crippen molar-refractivity contribution < 1.29 is 27.5 Å². The second-order valence-electron chi connectivity index (χ2n) is 3.68. The van der Waals surface area contributed by atoms with E-state index in [4.69, 9.17) is 22.8 Å². The first-order valence-electron chi connectivity index (χ1n) is 6.16. The number of carbonyl (C=O) groups excluding carboxylic acids is 1. The van der Waals surface area contributed by atoms with Crippen molar-refractivity contribution in [3.05, 3.63) is 12.2 Å². The third kappa shape index (κ3) is 8.12. The predicted molar refractivity (Wildman–Crippen MR) is 72.8 cm³/mol. The highest BCUT2D eigenvalue weighted by Crippen LogP contribution is 2.14. The summed E-state index contributed by atoms with van der Waals surface area (Å²) in [7, 11) is 2.26. The lowest BCUT2D eigenvalue weighted by Gasteiger charge is -2.24.